The number of hydrogen-bond acceptors (Lipinski definition) is 2. The van der Waals surface area contributed by atoms with E-state index in [1.165, 1.54) is 6.08 Å². The Morgan fingerprint density at radius 2 is 2.36 bits per heavy atom. The van der Waals surface area contributed by atoms with E-state index in [2.05, 4.69) is 6.58 Å². The van der Waals surface area contributed by atoms with Gasteiger partial charge in [-0.2, -0.15) is 5.26 Å². The summed E-state index contributed by atoms with van der Waals surface area (Å²) in [6, 6.07) is 1.61. The zero-order chi connectivity index (χ0) is 8.85. The second kappa shape index (κ2) is 4.29. The maximum atomic E-state index is 10.4. The van der Waals surface area contributed by atoms with Crippen molar-refractivity contribution in [3.8, 4) is 6.07 Å². The Morgan fingerprint density at radius 3 is 2.45 bits per heavy atom. The van der Waals surface area contributed by atoms with Gasteiger partial charge < -0.3 is 5.11 Å². The molecule has 0 aromatic carbocycles. The van der Waals surface area contributed by atoms with Crippen molar-refractivity contribution in [1.29, 1.82) is 5.26 Å². The van der Waals surface area contributed by atoms with E-state index in [-0.39, 0.29) is 5.57 Å². The highest BCUT2D eigenvalue weighted by Crippen LogP contribution is 2.08. The predicted molar refractivity (Wildman–Crippen MR) is 40.8 cm³/mol. The molecule has 0 aliphatic carbocycles. The first-order valence-electron chi connectivity index (χ1n) is 3.16. The molecule has 0 amide bonds. The molecule has 0 fully saturated rings. The van der Waals surface area contributed by atoms with Gasteiger partial charge in [-0.1, -0.05) is 19.6 Å². The summed E-state index contributed by atoms with van der Waals surface area (Å²) < 4.78 is 0. The quantitative estimate of drug-likeness (QED) is 0.377. The number of carboxylic acids is 1. The fourth-order valence-corrected chi connectivity index (χ4v) is 0.680. The Labute approximate surface area is 65.3 Å². The second-order valence-electron chi connectivity index (χ2n) is 1.87. The van der Waals surface area contributed by atoms with Crippen LogP contribution in [0.3, 0.4) is 0 Å². The summed E-state index contributed by atoms with van der Waals surface area (Å²) in [4.78, 5) is 10.4. The average Bonchev–Trinajstić information content (AvgIpc) is 1.99. The monoisotopic (exact) mass is 151 g/mol. The first kappa shape index (κ1) is 9.44. The zero-order valence-electron chi connectivity index (χ0n) is 6.29. The Kier molecular flexibility index (Phi) is 3.68. The molecular weight excluding hydrogens is 142 g/mol. The standard InChI is InChI=1S/C8H9NO2/c1-3-6(4-2)7(5-9)8(10)11/h3H,1,4H2,2H3,(H,10,11). The molecule has 0 saturated heterocycles. The van der Waals surface area contributed by atoms with Crippen molar-refractivity contribution in [2.24, 2.45) is 0 Å². The molecule has 0 rings (SSSR count). The fraction of sp³-hybridized carbons (Fsp3) is 0.250. The van der Waals surface area contributed by atoms with Crippen LogP contribution in [0.4, 0.5) is 0 Å². The van der Waals surface area contributed by atoms with Crippen LogP contribution >= 0.6 is 0 Å². The summed E-state index contributed by atoms with van der Waals surface area (Å²) in [5, 5.41) is 16.9. The summed E-state index contributed by atoms with van der Waals surface area (Å²) in [6.07, 6.45) is 1.91. The van der Waals surface area contributed by atoms with Crippen molar-refractivity contribution in [3.63, 3.8) is 0 Å². The third-order valence-electron chi connectivity index (χ3n) is 1.27. The minimum atomic E-state index is -1.19. The summed E-state index contributed by atoms with van der Waals surface area (Å²) in [5.41, 5.74) is 0.252. The van der Waals surface area contributed by atoms with Crippen molar-refractivity contribution in [2.45, 2.75) is 13.3 Å². The number of carbonyl (C=O) groups is 1. The van der Waals surface area contributed by atoms with E-state index in [1.54, 1.807) is 13.0 Å². The molecular formula is C8H9NO2. The van der Waals surface area contributed by atoms with Gasteiger partial charge >= 0.3 is 5.97 Å². The topological polar surface area (TPSA) is 61.1 Å². The van der Waals surface area contributed by atoms with Gasteiger partial charge in [0.25, 0.3) is 0 Å². The van der Waals surface area contributed by atoms with Crippen LogP contribution in [0, 0.1) is 11.3 Å². The fourth-order valence-electron chi connectivity index (χ4n) is 0.680. The van der Waals surface area contributed by atoms with Gasteiger partial charge in [-0.25, -0.2) is 4.79 Å². The van der Waals surface area contributed by atoms with Crippen LogP contribution in [0.15, 0.2) is 23.8 Å². The van der Waals surface area contributed by atoms with E-state index in [1.807, 2.05) is 0 Å². The number of nitriles is 1. The van der Waals surface area contributed by atoms with Crippen LogP contribution in [0.2, 0.25) is 0 Å². The molecule has 0 aromatic heterocycles. The van der Waals surface area contributed by atoms with E-state index < -0.39 is 5.97 Å². The lowest BCUT2D eigenvalue weighted by Crippen LogP contribution is -2.00. The van der Waals surface area contributed by atoms with E-state index in [0.29, 0.717) is 12.0 Å². The van der Waals surface area contributed by atoms with Crippen LogP contribution in [-0.4, -0.2) is 11.1 Å². The van der Waals surface area contributed by atoms with Crippen molar-refractivity contribution in [1.82, 2.24) is 0 Å². The predicted octanol–water partition coefficient (Wildman–Crippen LogP) is 1.49. The SMILES string of the molecule is C=CC(CC)=C(C#N)C(=O)O. The van der Waals surface area contributed by atoms with Gasteiger partial charge in [0.05, 0.1) is 0 Å². The smallest absolute Gasteiger partial charge is 0.346 e. The van der Waals surface area contributed by atoms with E-state index in [4.69, 9.17) is 10.4 Å². The molecule has 11 heavy (non-hydrogen) atoms. The van der Waals surface area contributed by atoms with Crippen LogP contribution in [0.1, 0.15) is 13.3 Å². The molecule has 0 saturated carbocycles. The summed E-state index contributed by atoms with van der Waals surface area (Å²) >= 11 is 0. The normalized spacial score (nSPS) is 11.3. The molecule has 0 aromatic rings. The molecule has 3 heteroatoms. The van der Waals surface area contributed by atoms with Gasteiger partial charge in [-0.05, 0) is 12.0 Å². The number of allylic oxidation sites excluding steroid dienone is 2. The van der Waals surface area contributed by atoms with Crippen molar-refractivity contribution in [3.05, 3.63) is 23.8 Å². The average molecular weight is 151 g/mol. The maximum absolute atomic E-state index is 10.4. The Balaban J connectivity index is 4.97. The minimum Gasteiger partial charge on any atom is -0.477 e. The number of nitrogens with zero attached hydrogens (tertiary/aromatic N) is 1. The van der Waals surface area contributed by atoms with E-state index in [0.717, 1.165) is 0 Å². The number of aliphatic carboxylic acids is 1. The van der Waals surface area contributed by atoms with Gasteiger partial charge in [-0.3, -0.25) is 0 Å². The lowest BCUT2D eigenvalue weighted by atomic mass is 10.1. The Hall–Kier alpha value is -1.56. The van der Waals surface area contributed by atoms with Gasteiger partial charge in [0.1, 0.15) is 11.6 Å². The second-order valence-corrected chi connectivity index (χ2v) is 1.87. The third kappa shape index (κ3) is 2.26. The first-order valence-corrected chi connectivity index (χ1v) is 3.16. The lowest BCUT2D eigenvalue weighted by Gasteiger charge is -1.96. The summed E-state index contributed by atoms with van der Waals surface area (Å²) in [5.74, 6) is -1.19. The zero-order valence-corrected chi connectivity index (χ0v) is 6.29. The molecule has 1 N–H and O–H groups in total. The highest BCUT2D eigenvalue weighted by atomic mass is 16.4. The third-order valence-corrected chi connectivity index (χ3v) is 1.27. The van der Waals surface area contributed by atoms with Gasteiger partial charge in [0.15, 0.2) is 0 Å². The summed E-state index contributed by atoms with van der Waals surface area (Å²) in [7, 11) is 0. The Bertz CT molecular complexity index is 245. The van der Waals surface area contributed by atoms with Crippen molar-refractivity contribution < 1.29 is 9.90 Å². The van der Waals surface area contributed by atoms with Crippen LogP contribution in [0.25, 0.3) is 0 Å². The van der Waals surface area contributed by atoms with Gasteiger partial charge in [0.2, 0.25) is 0 Å². The molecule has 3 nitrogen and oxygen atoms in total. The largest absolute Gasteiger partial charge is 0.477 e. The highest BCUT2D eigenvalue weighted by Gasteiger charge is 2.09. The molecule has 0 spiro atoms. The molecule has 58 valence electrons. The number of hydrogen-bond donors (Lipinski definition) is 1. The highest BCUT2D eigenvalue weighted by molar-refractivity contribution is 5.92. The molecule has 0 unspecified atom stereocenters. The number of carboxylic acid groups (broad SMARTS) is 1. The van der Waals surface area contributed by atoms with Crippen LogP contribution in [-0.2, 0) is 4.79 Å². The maximum Gasteiger partial charge on any atom is 0.346 e. The van der Waals surface area contributed by atoms with Gasteiger partial charge in [-0.15, -0.1) is 0 Å². The van der Waals surface area contributed by atoms with Crippen molar-refractivity contribution >= 4 is 5.97 Å². The molecule has 0 aliphatic rings. The first-order chi connectivity index (χ1) is 5.17. The number of rotatable bonds is 3. The van der Waals surface area contributed by atoms with Crippen LogP contribution < -0.4 is 0 Å². The molecule has 0 bridgehead atoms. The molecule has 0 radical (unpaired) electrons. The molecule has 0 heterocycles. The van der Waals surface area contributed by atoms with E-state index >= 15 is 0 Å². The van der Waals surface area contributed by atoms with Crippen molar-refractivity contribution in [2.75, 3.05) is 0 Å². The molecule has 0 atom stereocenters. The molecule has 0 aliphatic heterocycles. The Morgan fingerprint density at radius 1 is 1.82 bits per heavy atom. The minimum absolute atomic E-state index is 0.220. The lowest BCUT2D eigenvalue weighted by molar-refractivity contribution is -0.132. The van der Waals surface area contributed by atoms with E-state index in [9.17, 15) is 4.79 Å². The summed E-state index contributed by atoms with van der Waals surface area (Å²) in [6.45, 7) is 5.19. The van der Waals surface area contributed by atoms with Crippen LogP contribution in [0.5, 0.6) is 0 Å². The van der Waals surface area contributed by atoms with Gasteiger partial charge in [0, 0.05) is 0 Å².